The van der Waals surface area contributed by atoms with Gasteiger partial charge in [-0.1, -0.05) is 58.1 Å². The number of anilines is 1. The Labute approximate surface area is 181 Å². The average Bonchev–Trinajstić information content (AvgIpc) is 2.95. The number of halogens is 1. The molecule has 8 heteroatoms. The van der Waals surface area contributed by atoms with Crippen molar-refractivity contribution in [2.45, 2.75) is 6.42 Å². The van der Waals surface area contributed by atoms with Gasteiger partial charge >= 0.3 is 0 Å². The van der Waals surface area contributed by atoms with E-state index < -0.39 is 0 Å². The summed E-state index contributed by atoms with van der Waals surface area (Å²) >= 11 is 9.91. The first-order valence-electron chi connectivity index (χ1n) is 8.42. The average molecular weight is 477 g/mol. The number of hydrogen-bond acceptors (Lipinski definition) is 5. The van der Waals surface area contributed by atoms with Crippen LogP contribution in [0, 0.1) is 0 Å². The summed E-state index contributed by atoms with van der Waals surface area (Å²) in [6.07, 6.45) is 1.92. The third kappa shape index (κ3) is 5.01. The van der Waals surface area contributed by atoms with Gasteiger partial charge in [0.1, 0.15) is 10.1 Å². The summed E-state index contributed by atoms with van der Waals surface area (Å²) in [6.45, 7) is 0.232. The summed E-state index contributed by atoms with van der Waals surface area (Å²) in [5.74, 6) is 0.309. The highest BCUT2D eigenvalue weighted by molar-refractivity contribution is 9.10. The van der Waals surface area contributed by atoms with Gasteiger partial charge in [-0.2, -0.15) is 0 Å². The molecule has 144 valence electrons. The second-order valence-corrected chi connectivity index (χ2v) is 8.47. The van der Waals surface area contributed by atoms with E-state index in [0.29, 0.717) is 20.7 Å². The second kappa shape index (κ2) is 9.36. The Morgan fingerprint density at radius 3 is 2.68 bits per heavy atom. The number of benzene rings is 2. The molecule has 0 aromatic heterocycles. The SMILES string of the molecule is COc1ccccc1/C=C1\SC(=S)N(CCC(=O)Nc2ccc(Br)cc2)C1=O. The molecule has 1 N–H and O–H groups in total. The molecule has 1 aliphatic heterocycles. The molecular weight excluding hydrogens is 460 g/mol. The fourth-order valence-corrected chi connectivity index (χ4v) is 4.15. The number of nitrogens with one attached hydrogen (secondary N) is 1. The van der Waals surface area contributed by atoms with Crippen LogP contribution in [-0.2, 0) is 9.59 Å². The zero-order valence-corrected chi connectivity index (χ0v) is 18.2. The molecule has 28 heavy (non-hydrogen) atoms. The number of para-hydroxylation sites is 1. The summed E-state index contributed by atoms with van der Waals surface area (Å²) in [4.78, 5) is 26.9. The van der Waals surface area contributed by atoms with Crippen molar-refractivity contribution in [2.24, 2.45) is 0 Å². The maximum atomic E-state index is 12.7. The summed E-state index contributed by atoms with van der Waals surface area (Å²) in [6, 6.07) is 14.7. The topological polar surface area (TPSA) is 58.6 Å². The van der Waals surface area contributed by atoms with Crippen molar-refractivity contribution in [3.8, 4) is 5.75 Å². The van der Waals surface area contributed by atoms with Crippen molar-refractivity contribution in [3.63, 3.8) is 0 Å². The molecule has 5 nitrogen and oxygen atoms in total. The highest BCUT2D eigenvalue weighted by atomic mass is 79.9. The Kier molecular flexibility index (Phi) is 6.88. The van der Waals surface area contributed by atoms with Crippen LogP contribution in [-0.4, -0.2) is 34.7 Å². The first kappa shape index (κ1) is 20.6. The number of carbonyl (C=O) groups excluding carboxylic acids is 2. The van der Waals surface area contributed by atoms with E-state index >= 15 is 0 Å². The van der Waals surface area contributed by atoms with Crippen LogP contribution in [0.25, 0.3) is 6.08 Å². The van der Waals surface area contributed by atoms with Crippen LogP contribution in [0.15, 0.2) is 57.9 Å². The van der Waals surface area contributed by atoms with Crippen molar-refractivity contribution < 1.29 is 14.3 Å². The number of methoxy groups -OCH3 is 1. The fourth-order valence-electron chi connectivity index (χ4n) is 2.59. The Morgan fingerprint density at radius 1 is 1.25 bits per heavy atom. The molecule has 1 fully saturated rings. The molecule has 0 spiro atoms. The van der Waals surface area contributed by atoms with Crippen LogP contribution >= 0.6 is 39.9 Å². The lowest BCUT2D eigenvalue weighted by Crippen LogP contribution is -2.31. The van der Waals surface area contributed by atoms with Crippen LogP contribution in [0.3, 0.4) is 0 Å². The van der Waals surface area contributed by atoms with E-state index in [9.17, 15) is 9.59 Å². The number of carbonyl (C=O) groups is 2. The Morgan fingerprint density at radius 2 is 1.96 bits per heavy atom. The van der Waals surface area contributed by atoms with E-state index in [0.717, 1.165) is 10.0 Å². The van der Waals surface area contributed by atoms with Gasteiger partial charge in [0.25, 0.3) is 5.91 Å². The minimum Gasteiger partial charge on any atom is -0.496 e. The van der Waals surface area contributed by atoms with Crippen molar-refractivity contribution in [1.29, 1.82) is 0 Å². The highest BCUT2D eigenvalue weighted by Crippen LogP contribution is 2.34. The number of ether oxygens (including phenoxy) is 1. The predicted molar refractivity (Wildman–Crippen MR) is 120 cm³/mol. The van der Waals surface area contributed by atoms with E-state index in [1.165, 1.54) is 16.7 Å². The molecule has 0 saturated carbocycles. The van der Waals surface area contributed by atoms with E-state index in [1.54, 1.807) is 25.3 Å². The smallest absolute Gasteiger partial charge is 0.266 e. The number of amides is 2. The molecule has 0 radical (unpaired) electrons. The molecule has 2 amide bonds. The van der Waals surface area contributed by atoms with Gasteiger partial charge in [0.15, 0.2) is 0 Å². The lowest BCUT2D eigenvalue weighted by Gasteiger charge is -2.14. The van der Waals surface area contributed by atoms with Gasteiger partial charge in [-0.05, 0) is 36.4 Å². The monoisotopic (exact) mass is 476 g/mol. The highest BCUT2D eigenvalue weighted by Gasteiger charge is 2.32. The van der Waals surface area contributed by atoms with Crippen molar-refractivity contribution in [1.82, 2.24) is 4.90 Å². The van der Waals surface area contributed by atoms with Crippen LogP contribution in [0.5, 0.6) is 5.75 Å². The van der Waals surface area contributed by atoms with Crippen LogP contribution in [0.1, 0.15) is 12.0 Å². The van der Waals surface area contributed by atoms with Crippen LogP contribution in [0.2, 0.25) is 0 Å². The van der Waals surface area contributed by atoms with Gasteiger partial charge in [0.2, 0.25) is 5.91 Å². The summed E-state index contributed by atoms with van der Waals surface area (Å²) in [5, 5.41) is 2.81. The number of nitrogens with zero attached hydrogens (tertiary/aromatic N) is 1. The molecule has 0 aliphatic carbocycles. The molecule has 3 rings (SSSR count). The van der Waals surface area contributed by atoms with E-state index in [2.05, 4.69) is 21.2 Å². The van der Waals surface area contributed by atoms with Gasteiger partial charge in [0.05, 0.1) is 12.0 Å². The Hall–Kier alpha value is -2.16. The third-order valence-electron chi connectivity index (χ3n) is 3.99. The van der Waals surface area contributed by atoms with Crippen molar-refractivity contribution >= 4 is 67.8 Å². The molecule has 2 aromatic rings. The largest absolute Gasteiger partial charge is 0.496 e. The maximum absolute atomic E-state index is 12.7. The van der Waals surface area contributed by atoms with Gasteiger partial charge in [-0.25, -0.2) is 0 Å². The number of hydrogen-bond donors (Lipinski definition) is 1. The fraction of sp³-hybridized carbons (Fsp3) is 0.150. The quantitative estimate of drug-likeness (QED) is 0.484. The summed E-state index contributed by atoms with van der Waals surface area (Å²) < 4.78 is 6.70. The first-order chi connectivity index (χ1) is 13.5. The minimum absolute atomic E-state index is 0.157. The molecule has 0 atom stereocenters. The minimum atomic E-state index is -0.197. The standard InChI is InChI=1S/C20H17BrN2O3S2/c1-26-16-5-3-2-4-13(16)12-17-19(25)23(20(27)28-17)11-10-18(24)22-15-8-6-14(21)7-9-15/h2-9,12H,10-11H2,1H3,(H,22,24)/b17-12-. The van der Waals surface area contributed by atoms with E-state index in [4.69, 9.17) is 17.0 Å². The molecule has 0 bridgehead atoms. The Balaban J connectivity index is 1.63. The summed E-state index contributed by atoms with van der Waals surface area (Å²) in [5.41, 5.74) is 1.51. The number of rotatable bonds is 6. The van der Waals surface area contributed by atoms with Gasteiger partial charge in [0, 0.05) is 28.7 Å². The lowest BCUT2D eigenvalue weighted by atomic mass is 10.2. The van der Waals surface area contributed by atoms with Gasteiger partial charge in [-0.3, -0.25) is 14.5 Å². The summed E-state index contributed by atoms with van der Waals surface area (Å²) in [7, 11) is 1.59. The van der Waals surface area contributed by atoms with Crippen LogP contribution in [0.4, 0.5) is 5.69 Å². The third-order valence-corrected chi connectivity index (χ3v) is 5.90. The zero-order chi connectivity index (χ0) is 20.1. The van der Waals surface area contributed by atoms with E-state index in [-0.39, 0.29) is 24.8 Å². The molecule has 0 unspecified atom stereocenters. The van der Waals surface area contributed by atoms with Crippen molar-refractivity contribution in [2.75, 3.05) is 19.0 Å². The van der Waals surface area contributed by atoms with Crippen molar-refractivity contribution in [3.05, 3.63) is 63.5 Å². The van der Waals surface area contributed by atoms with Gasteiger partial charge in [-0.15, -0.1) is 0 Å². The predicted octanol–water partition coefficient (Wildman–Crippen LogP) is 4.69. The van der Waals surface area contributed by atoms with Crippen LogP contribution < -0.4 is 10.1 Å². The lowest BCUT2D eigenvalue weighted by molar-refractivity contribution is -0.122. The first-order valence-corrected chi connectivity index (χ1v) is 10.4. The molecule has 1 heterocycles. The zero-order valence-electron chi connectivity index (χ0n) is 15.0. The number of thioether (sulfide) groups is 1. The van der Waals surface area contributed by atoms with E-state index in [1.807, 2.05) is 36.4 Å². The molecule has 1 saturated heterocycles. The molecule has 1 aliphatic rings. The molecule has 2 aromatic carbocycles. The van der Waals surface area contributed by atoms with Gasteiger partial charge < -0.3 is 10.1 Å². The maximum Gasteiger partial charge on any atom is 0.266 e. The Bertz CT molecular complexity index is 945. The molecular formula is C20H17BrN2O3S2. The second-order valence-electron chi connectivity index (χ2n) is 5.88. The number of thiocarbonyl (C=S) groups is 1. The normalized spacial score (nSPS) is 15.2.